The minimum Gasteiger partial charge on any atom is -0.314 e. The second-order valence-corrected chi connectivity index (χ2v) is 6.15. The third-order valence-corrected chi connectivity index (χ3v) is 4.38. The van der Waals surface area contributed by atoms with Crippen molar-refractivity contribution in [3.8, 4) is 0 Å². The van der Waals surface area contributed by atoms with Crippen LogP contribution in [0.4, 0.5) is 0 Å². The van der Waals surface area contributed by atoms with E-state index in [1.54, 1.807) is 4.57 Å². The molecule has 19 heavy (non-hydrogen) atoms. The van der Waals surface area contributed by atoms with Crippen LogP contribution >= 0.6 is 15.9 Å². The Morgan fingerprint density at radius 3 is 3.00 bits per heavy atom. The zero-order chi connectivity index (χ0) is 13.4. The molecule has 0 bridgehead atoms. The number of fused-ring (bicyclic) bond motifs is 1. The molecule has 1 unspecified atom stereocenters. The molecular weight excluding hydrogens is 304 g/mol. The normalized spacial score (nSPS) is 19.2. The molecule has 1 N–H and O–H groups in total. The summed E-state index contributed by atoms with van der Waals surface area (Å²) in [4.78, 5) is 12.4. The highest BCUT2D eigenvalue weighted by Crippen LogP contribution is 2.20. The summed E-state index contributed by atoms with van der Waals surface area (Å²) in [6.07, 6.45) is 3.21. The van der Waals surface area contributed by atoms with Gasteiger partial charge in [0.25, 0.3) is 5.56 Å². The summed E-state index contributed by atoms with van der Waals surface area (Å²) in [5.74, 6) is 0. The molecular formula is C15H17BrN2O. The number of aromatic nitrogens is 1. The SMILES string of the molecule is Cn1c(=O)c(CC2CCCN2)cc2cc(Br)ccc21. The van der Waals surface area contributed by atoms with E-state index >= 15 is 0 Å². The maximum absolute atomic E-state index is 12.4. The van der Waals surface area contributed by atoms with Gasteiger partial charge in [0.2, 0.25) is 0 Å². The van der Waals surface area contributed by atoms with Crippen molar-refractivity contribution < 1.29 is 0 Å². The van der Waals surface area contributed by atoms with Gasteiger partial charge in [-0.15, -0.1) is 0 Å². The molecule has 1 atom stereocenters. The van der Waals surface area contributed by atoms with E-state index in [-0.39, 0.29) is 5.56 Å². The fourth-order valence-electron chi connectivity index (χ4n) is 2.86. The first kappa shape index (κ1) is 12.9. The van der Waals surface area contributed by atoms with Gasteiger partial charge in [0.1, 0.15) is 0 Å². The minimum atomic E-state index is 0.128. The van der Waals surface area contributed by atoms with E-state index in [0.29, 0.717) is 6.04 Å². The lowest BCUT2D eigenvalue weighted by Gasteiger charge is -2.13. The number of nitrogens with zero attached hydrogens (tertiary/aromatic N) is 1. The van der Waals surface area contributed by atoms with Crippen molar-refractivity contribution in [2.24, 2.45) is 7.05 Å². The average molecular weight is 321 g/mol. The monoisotopic (exact) mass is 320 g/mol. The molecule has 1 aromatic heterocycles. The number of hydrogen-bond donors (Lipinski definition) is 1. The molecule has 100 valence electrons. The molecule has 3 rings (SSSR count). The summed E-state index contributed by atoms with van der Waals surface area (Å²) in [5.41, 5.74) is 2.02. The number of halogens is 1. The highest BCUT2D eigenvalue weighted by atomic mass is 79.9. The van der Waals surface area contributed by atoms with Crippen molar-refractivity contribution >= 4 is 26.8 Å². The van der Waals surface area contributed by atoms with Crippen molar-refractivity contribution in [1.82, 2.24) is 9.88 Å². The van der Waals surface area contributed by atoms with Crippen molar-refractivity contribution in [3.05, 3.63) is 44.7 Å². The average Bonchev–Trinajstić information content (AvgIpc) is 2.88. The molecule has 1 aliphatic heterocycles. The first-order valence-corrected chi connectivity index (χ1v) is 7.46. The van der Waals surface area contributed by atoms with Crippen LogP contribution in [-0.4, -0.2) is 17.2 Å². The summed E-state index contributed by atoms with van der Waals surface area (Å²) < 4.78 is 2.80. The van der Waals surface area contributed by atoms with Gasteiger partial charge in [-0.1, -0.05) is 15.9 Å². The first-order chi connectivity index (χ1) is 9.15. The summed E-state index contributed by atoms with van der Waals surface area (Å²) in [6.45, 7) is 1.07. The lowest BCUT2D eigenvalue weighted by molar-refractivity contribution is 0.598. The van der Waals surface area contributed by atoms with Gasteiger partial charge in [-0.2, -0.15) is 0 Å². The molecule has 0 amide bonds. The van der Waals surface area contributed by atoms with E-state index in [1.165, 1.54) is 12.8 Å². The third kappa shape index (κ3) is 2.47. The molecule has 1 saturated heterocycles. The fraction of sp³-hybridized carbons (Fsp3) is 0.400. The van der Waals surface area contributed by atoms with Crippen LogP contribution in [0.3, 0.4) is 0 Å². The molecule has 1 aliphatic rings. The number of rotatable bonds is 2. The third-order valence-electron chi connectivity index (χ3n) is 3.89. The molecule has 0 aliphatic carbocycles. The highest BCUT2D eigenvalue weighted by Gasteiger charge is 2.17. The van der Waals surface area contributed by atoms with E-state index in [0.717, 1.165) is 33.9 Å². The molecule has 2 aromatic rings. The molecule has 1 fully saturated rings. The molecule has 0 saturated carbocycles. The molecule has 0 spiro atoms. The largest absolute Gasteiger partial charge is 0.314 e. The summed E-state index contributed by atoms with van der Waals surface area (Å²) >= 11 is 3.49. The van der Waals surface area contributed by atoms with Crippen LogP contribution in [0.2, 0.25) is 0 Å². The Bertz CT molecular complexity index is 672. The number of nitrogens with one attached hydrogen (secondary N) is 1. The summed E-state index contributed by atoms with van der Waals surface area (Å²) in [7, 11) is 1.85. The van der Waals surface area contributed by atoms with E-state index in [4.69, 9.17) is 0 Å². The van der Waals surface area contributed by atoms with E-state index in [2.05, 4.69) is 27.3 Å². The van der Waals surface area contributed by atoms with Gasteiger partial charge in [-0.3, -0.25) is 4.79 Å². The van der Waals surface area contributed by atoms with E-state index in [9.17, 15) is 4.79 Å². The van der Waals surface area contributed by atoms with E-state index < -0.39 is 0 Å². The van der Waals surface area contributed by atoms with Gasteiger partial charge in [0, 0.05) is 23.1 Å². The van der Waals surface area contributed by atoms with Crippen LogP contribution in [0.5, 0.6) is 0 Å². The Hall–Kier alpha value is -1.13. The summed E-state index contributed by atoms with van der Waals surface area (Å²) in [6, 6.07) is 8.53. The zero-order valence-corrected chi connectivity index (χ0v) is 12.5. The number of pyridine rings is 1. The zero-order valence-electron chi connectivity index (χ0n) is 10.9. The number of benzene rings is 1. The molecule has 2 heterocycles. The van der Waals surface area contributed by atoms with Crippen LogP contribution < -0.4 is 10.9 Å². The lowest BCUT2D eigenvalue weighted by Crippen LogP contribution is -2.29. The van der Waals surface area contributed by atoms with Crippen LogP contribution in [0, 0.1) is 0 Å². The lowest BCUT2D eigenvalue weighted by atomic mass is 10.0. The Kier molecular flexibility index (Phi) is 3.46. The van der Waals surface area contributed by atoms with Gasteiger partial charge in [-0.25, -0.2) is 0 Å². The molecule has 3 nitrogen and oxygen atoms in total. The predicted molar refractivity (Wildman–Crippen MR) is 81.6 cm³/mol. The number of aryl methyl sites for hydroxylation is 1. The summed E-state index contributed by atoms with van der Waals surface area (Å²) in [5, 5.41) is 4.57. The Morgan fingerprint density at radius 1 is 1.42 bits per heavy atom. The van der Waals surface area contributed by atoms with Gasteiger partial charge < -0.3 is 9.88 Å². The van der Waals surface area contributed by atoms with Gasteiger partial charge in [-0.05, 0) is 55.5 Å². The highest BCUT2D eigenvalue weighted by molar-refractivity contribution is 9.10. The van der Waals surface area contributed by atoms with Gasteiger partial charge >= 0.3 is 0 Å². The second kappa shape index (κ2) is 5.10. The van der Waals surface area contributed by atoms with Crippen LogP contribution in [0.25, 0.3) is 10.9 Å². The van der Waals surface area contributed by atoms with Crippen molar-refractivity contribution in [2.45, 2.75) is 25.3 Å². The van der Waals surface area contributed by atoms with Crippen molar-refractivity contribution in [1.29, 1.82) is 0 Å². The van der Waals surface area contributed by atoms with Crippen LogP contribution in [0.15, 0.2) is 33.5 Å². The van der Waals surface area contributed by atoms with Crippen molar-refractivity contribution in [3.63, 3.8) is 0 Å². The Morgan fingerprint density at radius 2 is 2.26 bits per heavy atom. The number of hydrogen-bond acceptors (Lipinski definition) is 2. The first-order valence-electron chi connectivity index (χ1n) is 6.67. The predicted octanol–water partition coefficient (Wildman–Crippen LogP) is 2.60. The smallest absolute Gasteiger partial charge is 0.254 e. The molecule has 0 radical (unpaired) electrons. The molecule has 1 aromatic carbocycles. The topological polar surface area (TPSA) is 34.0 Å². The van der Waals surface area contributed by atoms with Crippen LogP contribution in [-0.2, 0) is 13.5 Å². The van der Waals surface area contributed by atoms with Gasteiger partial charge in [0.05, 0.1) is 5.52 Å². The Balaban J connectivity index is 2.08. The minimum absolute atomic E-state index is 0.128. The molecule has 4 heteroatoms. The van der Waals surface area contributed by atoms with Crippen LogP contribution in [0.1, 0.15) is 18.4 Å². The quantitative estimate of drug-likeness (QED) is 0.922. The maximum Gasteiger partial charge on any atom is 0.254 e. The standard InChI is InChI=1S/C15H17BrN2O/c1-18-14-5-4-12(16)8-10(14)7-11(15(18)19)9-13-3-2-6-17-13/h4-5,7-8,13,17H,2-3,6,9H2,1H3. The van der Waals surface area contributed by atoms with Gasteiger partial charge in [0.15, 0.2) is 0 Å². The van der Waals surface area contributed by atoms with Crippen molar-refractivity contribution in [2.75, 3.05) is 6.54 Å². The van der Waals surface area contributed by atoms with E-state index in [1.807, 2.05) is 25.2 Å². The fourth-order valence-corrected chi connectivity index (χ4v) is 3.24. The second-order valence-electron chi connectivity index (χ2n) is 5.23. The Labute approximate surface area is 120 Å². The maximum atomic E-state index is 12.4.